The lowest BCUT2D eigenvalue weighted by atomic mass is 10.2. The van der Waals surface area contributed by atoms with Gasteiger partial charge in [-0.05, 0) is 30.7 Å². The van der Waals surface area contributed by atoms with Gasteiger partial charge in [0.15, 0.2) is 5.65 Å². The number of nitrogens with one attached hydrogen (secondary N) is 2. The zero-order valence-corrected chi connectivity index (χ0v) is 13.9. The van der Waals surface area contributed by atoms with Crippen molar-refractivity contribution >= 4 is 23.2 Å². The van der Waals surface area contributed by atoms with Gasteiger partial charge in [-0.2, -0.15) is 0 Å². The Bertz CT molecular complexity index is 889. The molecule has 1 aliphatic heterocycles. The highest BCUT2D eigenvalue weighted by molar-refractivity contribution is 5.94. The van der Waals surface area contributed by atoms with Crippen LogP contribution in [0.1, 0.15) is 16.8 Å². The number of imidazole rings is 1. The molecule has 1 fully saturated rings. The van der Waals surface area contributed by atoms with Crippen molar-refractivity contribution < 1.29 is 4.79 Å². The van der Waals surface area contributed by atoms with Crippen LogP contribution >= 0.6 is 0 Å². The van der Waals surface area contributed by atoms with Gasteiger partial charge >= 0.3 is 0 Å². The highest BCUT2D eigenvalue weighted by atomic mass is 16.2. The molecule has 2 N–H and O–H groups in total. The van der Waals surface area contributed by atoms with Crippen LogP contribution in [0.5, 0.6) is 0 Å². The van der Waals surface area contributed by atoms with Crippen molar-refractivity contribution in [2.24, 2.45) is 0 Å². The lowest BCUT2D eigenvalue weighted by Gasteiger charge is -2.17. The molecule has 0 radical (unpaired) electrons. The van der Waals surface area contributed by atoms with Gasteiger partial charge in [-0.3, -0.25) is 4.79 Å². The number of hydrogen-bond donors (Lipinski definition) is 2. The highest BCUT2D eigenvalue weighted by Gasteiger charge is 2.27. The van der Waals surface area contributed by atoms with Crippen LogP contribution in [0.25, 0.3) is 5.65 Å². The molecule has 4 heterocycles. The standard InChI is InChI=1S/C17H19N7O/c1-18-14-3-2-12(10-20-14)17(25)23-8-6-13(11-23)21-15-4-5-16-19-7-9-24(16)22-15/h2-5,7,9-10,13H,6,8,11H2,1H3,(H,18,20)(H,21,22). The number of pyridine rings is 1. The zero-order valence-electron chi connectivity index (χ0n) is 13.9. The molecule has 128 valence electrons. The van der Waals surface area contributed by atoms with E-state index in [0.29, 0.717) is 12.1 Å². The van der Waals surface area contributed by atoms with Crippen LogP contribution in [0.3, 0.4) is 0 Å². The van der Waals surface area contributed by atoms with Crippen molar-refractivity contribution in [3.05, 3.63) is 48.4 Å². The van der Waals surface area contributed by atoms with Crippen molar-refractivity contribution in [3.8, 4) is 0 Å². The number of nitrogens with zero attached hydrogens (tertiary/aromatic N) is 5. The number of likely N-dealkylation sites (tertiary alicyclic amines) is 1. The summed E-state index contributed by atoms with van der Waals surface area (Å²) in [6.07, 6.45) is 6.03. The molecule has 3 aromatic heterocycles. The second-order valence-corrected chi connectivity index (χ2v) is 6.01. The molecular formula is C17H19N7O. The maximum absolute atomic E-state index is 12.6. The fourth-order valence-corrected chi connectivity index (χ4v) is 3.01. The highest BCUT2D eigenvalue weighted by Crippen LogP contribution is 2.17. The summed E-state index contributed by atoms with van der Waals surface area (Å²) in [7, 11) is 1.80. The first kappa shape index (κ1) is 15.4. The Balaban J connectivity index is 1.40. The molecule has 0 aliphatic carbocycles. The summed E-state index contributed by atoms with van der Waals surface area (Å²) in [4.78, 5) is 22.8. The molecule has 0 bridgehead atoms. The Hall–Kier alpha value is -3.16. The topological polar surface area (TPSA) is 87.5 Å². The van der Waals surface area contributed by atoms with Gasteiger partial charge in [0.25, 0.3) is 5.91 Å². The number of carbonyl (C=O) groups is 1. The Labute approximate surface area is 144 Å². The van der Waals surface area contributed by atoms with E-state index >= 15 is 0 Å². The number of carbonyl (C=O) groups excluding carboxylic acids is 1. The number of hydrogen-bond acceptors (Lipinski definition) is 6. The van der Waals surface area contributed by atoms with Crippen LogP contribution in [-0.2, 0) is 0 Å². The molecule has 1 saturated heterocycles. The van der Waals surface area contributed by atoms with Crippen LogP contribution in [0.15, 0.2) is 42.9 Å². The molecular weight excluding hydrogens is 318 g/mol. The van der Waals surface area contributed by atoms with Crippen LogP contribution in [-0.4, -0.2) is 56.6 Å². The molecule has 1 atom stereocenters. The van der Waals surface area contributed by atoms with Crippen molar-refractivity contribution in [2.45, 2.75) is 12.5 Å². The van der Waals surface area contributed by atoms with Gasteiger partial charge in [0.2, 0.25) is 0 Å². The van der Waals surface area contributed by atoms with E-state index in [1.54, 1.807) is 30.0 Å². The molecule has 0 aromatic carbocycles. The molecule has 8 heteroatoms. The van der Waals surface area contributed by atoms with Gasteiger partial charge in [-0.15, -0.1) is 5.10 Å². The quantitative estimate of drug-likeness (QED) is 0.750. The third kappa shape index (κ3) is 3.10. The first-order valence-electron chi connectivity index (χ1n) is 8.23. The van der Waals surface area contributed by atoms with E-state index in [2.05, 4.69) is 25.7 Å². The minimum Gasteiger partial charge on any atom is -0.373 e. The number of amides is 1. The van der Waals surface area contributed by atoms with E-state index < -0.39 is 0 Å². The van der Waals surface area contributed by atoms with Crippen molar-refractivity contribution in [3.63, 3.8) is 0 Å². The summed E-state index contributed by atoms with van der Waals surface area (Å²) >= 11 is 0. The molecule has 3 aromatic rings. The maximum Gasteiger partial charge on any atom is 0.255 e. The first-order valence-corrected chi connectivity index (χ1v) is 8.23. The van der Waals surface area contributed by atoms with Gasteiger partial charge in [-0.25, -0.2) is 14.5 Å². The molecule has 4 rings (SSSR count). The average molecular weight is 337 g/mol. The van der Waals surface area contributed by atoms with Crippen LogP contribution in [0.4, 0.5) is 11.6 Å². The normalized spacial score (nSPS) is 17.0. The third-order valence-electron chi connectivity index (χ3n) is 4.35. The Morgan fingerprint density at radius 3 is 2.88 bits per heavy atom. The predicted octanol–water partition coefficient (Wildman–Crippen LogP) is 1.49. The van der Waals surface area contributed by atoms with Crippen molar-refractivity contribution in [1.29, 1.82) is 0 Å². The molecule has 0 spiro atoms. The summed E-state index contributed by atoms with van der Waals surface area (Å²) < 4.78 is 1.73. The predicted molar refractivity (Wildman–Crippen MR) is 94.7 cm³/mol. The summed E-state index contributed by atoms with van der Waals surface area (Å²) in [5, 5.41) is 10.8. The van der Waals surface area contributed by atoms with Crippen molar-refractivity contribution in [2.75, 3.05) is 30.8 Å². The summed E-state index contributed by atoms with van der Waals surface area (Å²) in [6.45, 7) is 1.37. The Morgan fingerprint density at radius 2 is 2.08 bits per heavy atom. The number of fused-ring (bicyclic) bond motifs is 1. The molecule has 1 amide bonds. The lowest BCUT2D eigenvalue weighted by molar-refractivity contribution is 0.0791. The minimum atomic E-state index is 0.0115. The van der Waals surface area contributed by atoms with E-state index in [4.69, 9.17) is 0 Å². The monoisotopic (exact) mass is 337 g/mol. The van der Waals surface area contributed by atoms with Crippen LogP contribution in [0, 0.1) is 0 Å². The summed E-state index contributed by atoms with van der Waals surface area (Å²) in [5.74, 6) is 1.54. The lowest BCUT2D eigenvalue weighted by Crippen LogP contribution is -2.31. The van der Waals surface area contributed by atoms with E-state index in [1.807, 2.05) is 29.3 Å². The van der Waals surface area contributed by atoms with Crippen molar-refractivity contribution in [1.82, 2.24) is 24.5 Å². The Morgan fingerprint density at radius 1 is 1.20 bits per heavy atom. The van der Waals surface area contributed by atoms with Gasteiger partial charge in [0.05, 0.1) is 5.56 Å². The molecule has 25 heavy (non-hydrogen) atoms. The fraction of sp³-hybridized carbons (Fsp3) is 0.294. The van der Waals surface area contributed by atoms with E-state index in [1.165, 1.54) is 0 Å². The maximum atomic E-state index is 12.6. The fourth-order valence-electron chi connectivity index (χ4n) is 3.01. The van der Waals surface area contributed by atoms with Crippen LogP contribution < -0.4 is 10.6 Å². The zero-order chi connectivity index (χ0) is 17.2. The van der Waals surface area contributed by atoms with E-state index in [9.17, 15) is 4.79 Å². The summed E-state index contributed by atoms with van der Waals surface area (Å²) in [6, 6.07) is 7.62. The smallest absolute Gasteiger partial charge is 0.255 e. The first-order chi connectivity index (χ1) is 12.2. The SMILES string of the molecule is CNc1ccc(C(=O)N2CCC(Nc3ccc4nccn4n3)C2)cn1. The largest absolute Gasteiger partial charge is 0.373 e. The van der Waals surface area contributed by atoms with Gasteiger partial charge < -0.3 is 15.5 Å². The van der Waals surface area contributed by atoms with Gasteiger partial charge in [0.1, 0.15) is 11.6 Å². The van der Waals surface area contributed by atoms with Crippen LogP contribution in [0.2, 0.25) is 0 Å². The minimum absolute atomic E-state index is 0.0115. The van der Waals surface area contributed by atoms with Gasteiger partial charge in [-0.1, -0.05) is 0 Å². The average Bonchev–Trinajstić information content (AvgIpc) is 3.30. The number of anilines is 2. The van der Waals surface area contributed by atoms with E-state index in [0.717, 1.165) is 30.2 Å². The second-order valence-electron chi connectivity index (χ2n) is 6.01. The molecule has 1 unspecified atom stereocenters. The third-order valence-corrected chi connectivity index (χ3v) is 4.35. The Kier molecular flexibility index (Phi) is 3.93. The summed E-state index contributed by atoms with van der Waals surface area (Å²) in [5.41, 5.74) is 1.42. The molecule has 1 aliphatic rings. The van der Waals surface area contributed by atoms with E-state index in [-0.39, 0.29) is 11.9 Å². The van der Waals surface area contributed by atoms with Gasteiger partial charge in [0, 0.05) is 44.8 Å². The molecule has 8 nitrogen and oxygen atoms in total. The molecule has 0 saturated carbocycles. The number of aromatic nitrogens is 4. The number of rotatable bonds is 4. The second kappa shape index (κ2) is 6.39.